The van der Waals surface area contributed by atoms with Gasteiger partial charge in [0.15, 0.2) is 11.0 Å². The highest BCUT2D eigenvalue weighted by atomic mass is 32.2. The van der Waals surface area contributed by atoms with Gasteiger partial charge in [-0.1, -0.05) is 23.9 Å². The minimum Gasteiger partial charge on any atom is -0.383 e. The van der Waals surface area contributed by atoms with Crippen LogP contribution in [0.5, 0.6) is 0 Å². The Balaban J connectivity index is 1.26. The first-order chi connectivity index (χ1) is 16.7. The Bertz CT molecular complexity index is 1230. The summed E-state index contributed by atoms with van der Waals surface area (Å²) < 4.78 is 8.50. The number of fused-ring (bicyclic) bond motifs is 1. The zero-order valence-electron chi connectivity index (χ0n) is 19.0. The molecule has 0 bridgehead atoms. The van der Waals surface area contributed by atoms with Crippen molar-refractivity contribution in [3.8, 4) is 11.4 Å². The summed E-state index contributed by atoms with van der Waals surface area (Å²) >= 11 is 3.18. The average Bonchev–Trinajstić information content (AvgIpc) is 3.51. The van der Waals surface area contributed by atoms with Crippen molar-refractivity contribution in [1.29, 1.82) is 0 Å². The molecule has 0 radical (unpaired) electrons. The van der Waals surface area contributed by atoms with E-state index in [4.69, 9.17) is 9.72 Å². The highest BCUT2D eigenvalue weighted by molar-refractivity contribution is 7.99. The van der Waals surface area contributed by atoms with Crippen molar-refractivity contribution in [2.24, 2.45) is 0 Å². The molecule has 0 N–H and O–H groups in total. The van der Waals surface area contributed by atoms with Crippen LogP contribution in [-0.4, -0.2) is 68.1 Å². The molecule has 1 aromatic carbocycles. The van der Waals surface area contributed by atoms with Gasteiger partial charge in [-0.2, -0.15) is 0 Å². The molecule has 176 valence electrons. The maximum absolute atomic E-state index is 13.1. The maximum atomic E-state index is 13.1. The van der Waals surface area contributed by atoms with E-state index in [-0.39, 0.29) is 5.91 Å². The van der Waals surface area contributed by atoms with Crippen molar-refractivity contribution in [2.45, 2.75) is 30.5 Å². The number of carbonyl (C=O) groups excluding carboxylic acids is 1. The summed E-state index contributed by atoms with van der Waals surface area (Å²) in [5.74, 6) is 1.50. The summed E-state index contributed by atoms with van der Waals surface area (Å²) in [5, 5.41) is 10.6. The van der Waals surface area contributed by atoms with Gasteiger partial charge in [0.2, 0.25) is 5.91 Å². The van der Waals surface area contributed by atoms with Gasteiger partial charge in [-0.25, -0.2) is 4.98 Å². The standard InChI is InChI=1S/C24H26N6O2S2/c1-32-14-13-30-22(17-8-10-25-11-9-17)27-28-24(30)33-16-21(31)29-12-4-5-18(15-29)23-26-19-6-2-3-7-20(19)34-23/h2-3,6-11,18H,4-5,12-16H2,1H3/t18-/m0/s1. The van der Waals surface area contributed by atoms with Crippen molar-refractivity contribution in [3.05, 3.63) is 53.8 Å². The van der Waals surface area contributed by atoms with Crippen LogP contribution in [0.1, 0.15) is 23.8 Å². The Morgan fingerprint density at radius 1 is 1.21 bits per heavy atom. The maximum Gasteiger partial charge on any atom is 0.233 e. The van der Waals surface area contributed by atoms with Gasteiger partial charge in [0.1, 0.15) is 0 Å². The number of aromatic nitrogens is 5. The number of thioether (sulfide) groups is 1. The third-order valence-corrected chi connectivity index (χ3v) is 8.08. The molecule has 1 amide bonds. The first-order valence-electron chi connectivity index (χ1n) is 11.3. The summed E-state index contributed by atoms with van der Waals surface area (Å²) in [5.41, 5.74) is 1.98. The Morgan fingerprint density at radius 3 is 2.88 bits per heavy atom. The predicted molar refractivity (Wildman–Crippen MR) is 134 cm³/mol. The number of methoxy groups -OCH3 is 1. The smallest absolute Gasteiger partial charge is 0.233 e. The van der Waals surface area contributed by atoms with E-state index in [0.717, 1.165) is 53.0 Å². The van der Waals surface area contributed by atoms with Gasteiger partial charge in [0, 0.05) is 44.1 Å². The molecular formula is C24H26N6O2S2. The summed E-state index contributed by atoms with van der Waals surface area (Å²) in [4.78, 5) is 24.0. The molecule has 5 rings (SSSR count). The van der Waals surface area contributed by atoms with Crippen molar-refractivity contribution in [2.75, 3.05) is 32.6 Å². The number of piperidine rings is 1. The first kappa shape index (κ1) is 22.9. The van der Waals surface area contributed by atoms with Crippen LogP contribution in [0.25, 0.3) is 21.6 Å². The molecule has 1 atom stereocenters. The van der Waals surface area contributed by atoms with Gasteiger partial charge in [-0.3, -0.25) is 14.3 Å². The quantitative estimate of drug-likeness (QED) is 0.341. The molecule has 1 aliphatic heterocycles. The van der Waals surface area contributed by atoms with Gasteiger partial charge in [0.25, 0.3) is 0 Å². The fraction of sp³-hybridized carbons (Fsp3) is 0.375. The normalized spacial score (nSPS) is 16.3. The Labute approximate surface area is 206 Å². The Kier molecular flexibility index (Phi) is 7.17. The molecule has 0 unspecified atom stereocenters. The van der Waals surface area contributed by atoms with E-state index in [2.05, 4.69) is 27.3 Å². The molecule has 10 heteroatoms. The lowest BCUT2D eigenvalue weighted by atomic mass is 9.99. The van der Waals surface area contributed by atoms with Gasteiger partial charge >= 0.3 is 0 Å². The van der Waals surface area contributed by atoms with Crippen LogP contribution in [0.15, 0.2) is 53.9 Å². The van der Waals surface area contributed by atoms with Crippen molar-refractivity contribution in [1.82, 2.24) is 29.6 Å². The third-order valence-electron chi connectivity index (χ3n) is 5.93. The summed E-state index contributed by atoms with van der Waals surface area (Å²) in [6, 6.07) is 12.0. The molecule has 0 spiro atoms. The SMILES string of the molecule is COCCn1c(SCC(=O)N2CCC[C@H](c3nc4ccccc4s3)C2)nnc1-c1ccncc1. The second kappa shape index (κ2) is 10.6. The molecular weight excluding hydrogens is 468 g/mol. The highest BCUT2D eigenvalue weighted by Gasteiger charge is 2.27. The fourth-order valence-electron chi connectivity index (χ4n) is 4.18. The fourth-order valence-corrected chi connectivity index (χ4v) is 6.14. The lowest BCUT2D eigenvalue weighted by Gasteiger charge is -2.31. The van der Waals surface area contributed by atoms with Crippen molar-refractivity contribution < 1.29 is 9.53 Å². The van der Waals surface area contributed by atoms with E-state index in [1.807, 2.05) is 33.7 Å². The van der Waals surface area contributed by atoms with E-state index >= 15 is 0 Å². The minimum atomic E-state index is 0.127. The Hall–Kier alpha value is -2.82. The molecule has 0 aliphatic carbocycles. The van der Waals surface area contributed by atoms with Crippen LogP contribution in [-0.2, 0) is 16.1 Å². The van der Waals surface area contributed by atoms with Gasteiger partial charge < -0.3 is 9.64 Å². The number of amides is 1. The van der Waals surface area contributed by atoms with Crippen LogP contribution in [0.3, 0.4) is 0 Å². The van der Waals surface area contributed by atoms with Crippen LogP contribution in [0.4, 0.5) is 0 Å². The number of para-hydroxylation sites is 1. The van der Waals surface area contributed by atoms with E-state index in [1.54, 1.807) is 30.8 Å². The summed E-state index contributed by atoms with van der Waals surface area (Å²) in [7, 11) is 1.67. The number of nitrogens with zero attached hydrogens (tertiary/aromatic N) is 6. The number of thiazole rings is 1. The molecule has 1 saturated heterocycles. The molecule has 1 fully saturated rings. The lowest BCUT2D eigenvalue weighted by Crippen LogP contribution is -2.40. The number of ether oxygens (including phenoxy) is 1. The average molecular weight is 495 g/mol. The van der Waals surface area contributed by atoms with Crippen molar-refractivity contribution >= 4 is 39.2 Å². The molecule has 4 aromatic rings. The van der Waals surface area contributed by atoms with E-state index in [0.29, 0.717) is 24.8 Å². The van der Waals surface area contributed by atoms with Crippen LogP contribution in [0, 0.1) is 0 Å². The number of rotatable bonds is 8. The third kappa shape index (κ3) is 4.98. The topological polar surface area (TPSA) is 86.0 Å². The highest BCUT2D eigenvalue weighted by Crippen LogP contribution is 2.33. The summed E-state index contributed by atoms with van der Waals surface area (Å²) in [6.07, 6.45) is 5.53. The number of carbonyl (C=O) groups is 1. The predicted octanol–water partition coefficient (Wildman–Crippen LogP) is 4.09. The van der Waals surface area contributed by atoms with E-state index < -0.39 is 0 Å². The number of hydrogen-bond donors (Lipinski definition) is 0. The summed E-state index contributed by atoms with van der Waals surface area (Å²) in [6.45, 7) is 2.66. The Morgan fingerprint density at radius 2 is 2.06 bits per heavy atom. The van der Waals surface area contributed by atoms with Crippen LogP contribution in [0.2, 0.25) is 0 Å². The first-order valence-corrected chi connectivity index (χ1v) is 13.1. The molecule has 4 heterocycles. The second-order valence-corrected chi connectivity index (χ2v) is 10.2. The molecule has 0 saturated carbocycles. The minimum absolute atomic E-state index is 0.127. The molecule has 3 aromatic heterocycles. The number of pyridine rings is 1. The van der Waals surface area contributed by atoms with Crippen LogP contribution >= 0.6 is 23.1 Å². The van der Waals surface area contributed by atoms with Gasteiger partial charge in [0.05, 0.1) is 34.1 Å². The van der Waals surface area contributed by atoms with Gasteiger partial charge in [-0.05, 0) is 37.1 Å². The molecule has 34 heavy (non-hydrogen) atoms. The number of hydrogen-bond acceptors (Lipinski definition) is 8. The number of benzene rings is 1. The largest absolute Gasteiger partial charge is 0.383 e. The van der Waals surface area contributed by atoms with Crippen molar-refractivity contribution in [3.63, 3.8) is 0 Å². The zero-order valence-corrected chi connectivity index (χ0v) is 20.6. The second-order valence-electron chi connectivity index (χ2n) is 8.17. The zero-order chi connectivity index (χ0) is 23.3. The lowest BCUT2D eigenvalue weighted by molar-refractivity contribution is -0.129. The van der Waals surface area contributed by atoms with Gasteiger partial charge in [-0.15, -0.1) is 21.5 Å². The molecule has 1 aliphatic rings. The van der Waals surface area contributed by atoms with E-state index in [9.17, 15) is 4.79 Å². The van der Waals surface area contributed by atoms with E-state index in [1.165, 1.54) is 16.5 Å². The number of likely N-dealkylation sites (tertiary alicyclic amines) is 1. The monoisotopic (exact) mass is 494 g/mol. The molecule has 8 nitrogen and oxygen atoms in total. The van der Waals surface area contributed by atoms with Crippen LogP contribution < -0.4 is 0 Å².